The Kier molecular flexibility index (Phi) is 4.02. The summed E-state index contributed by atoms with van der Waals surface area (Å²) in [5.74, 6) is 0.493. The number of nitrogens with zero attached hydrogens (tertiary/aromatic N) is 1. The van der Waals surface area contributed by atoms with E-state index >= 15 is 0 Å². The molecule has 0 aromatic heterocycles. The zero-order valence-electron chi connectivity index (χ0n) is 10.00. The number of nitrogens with two attached hydrogens (primary N) is 1. The van der Waals surface area contributed by atoms with Crippen molar-refractivity contribution in [2.45, 2.75) is 18.9 Å². The molecule has 0 bridgehead atoms. The normalized spacial score (nSPS) is 17.5. The molecule has 4 heteroatoms. The van der Waals surface area contributed by atoms with E-state index in [0.717, 1.165) is 18.0 Å². The van der Waals surface area contributed by atoms with Crippen LogP contribution < -0.4 is 5.73 Å². The van der Waals surface area contributed by atoms with E-state index in [-0.39, 0.29) is 11.9 Å². The molecule has 1 aliphatic carbocycles. The highest BCUT2D eigenvalue weighted by molar-refractivity contribution is 6.31. The summed E-state index contributed by atoms with van der Waals surface area (Å²) in [6.45, 7) is 1.53. The fourth-order valence-corrected chi connectivity index (χ4v) is 2.44. The van der Waals surface area contributed by atoms with Crippen LogP contribution in [-0.2, 0) is 0 Å². The highest BCUT2D eigenvalue weighted by Gasteiger charge is 2.27. The summed E-state index contributed by atoms with van der Waals surface area (Å²) in [5, 5.41) is 0.461. The molecule has 1 saturated carbocycles. The van der Waals surface area contributed by atoms with Crippen molar-refractivity contribution in [3.63, 3.8) is 0 Å². The molecule has 0 amide bonds. The van der Waals surface area contributed by atoms with E-state index in [1.807, 2.05) is 0 Å². The molecular weight excluding hydrogens is 239 g/mol. The first-order valence-electron chi connectivity index (χ1n) is 5.97. The number of halogens is 2. The Morgan fingerprint density at radius 3 is 2.76 bits per heavy atom. The Morgan fingerprint density at radius 2 is 2.24 bits per heavy atom. The van der Waals surface area contributed by atoms with Gasteiger partial charge in [-0.25, -0.2) is 4.39 Å². The quantitative estimate of drug-likeness (QED) is 0.878. The molecular formula is C13H18ClFN2. The van der Waals surface area contributed by atoms with E-state index in [9.17, 15) is 4.39 Å². The van der Waals surface area contributed by atoms with Crippen LogP contribution in [0.4, 0.5) is 4.39 Å². The first-order chi connectivity index (χ1) is 8.11. The third-order valence-corrected chi connectivity index (χ3v) is 3.65. The maximum atomic E-state index is 13.0. The minimum absolute atomic E-state index is 0.0729. The van der Waals surface area contributed by atoms with Gasteiger partial charge in [0.15, 0.2) is 0 Å². The Labute approximate surface area is 107 Å². The van der Waals surface area contributed by atoms with Gasteiger partial charge in [0.2, 0.25) is 0 Å². The van der Waals surface area contributed by atoms with Gasteiger partial charge in [0.1, 0.15) is 5.82 Å². The van der Waals surface area contributed by atoms with Crippen LogP contribution in [0.15, 0.2) is 18.2 Å². The van der Waals surface area contributed by atoms with Crippen molar-refractivity contribution in [3.05, 3.63) is 34.6 Å². The van der Waals surface area contributed by atoms with E-state index in [1.54, 1.807) is 6.07 Å². The number of hydrogen-bond acceptors (Lipinski definition) is 2. The standard InChI is InChI=1S/C13H18ClFN2/c1-17(8-9-2-3-9)13(7-16)11-5-4-10(15)6-12(11)14/h4-6,9,13H,2-3,7-8,16H2,1H3. The monoisotopic (exact) mass is 256 g/mol. The summed E-state index contributed by atoms with van der Waals surface area (Å²) in [5.41, 5.74) is 6.73. The average molecular weight is 257 g/mol. The lowest BCUT2D eigenvalue weighted by molar-refractivity contribution is 0.240. The number of hydrogen-bond donors (Lipinski definition) is 1. The van der Waals surface area contributed by atoms with Gasteiger partial charge in [0.25, 0.3) is 0 Å². The van der Waals surface area contributed by atoms with Crippen molar-refractivity contribution < 1.29 is 4.39 Å². The Bertz CT molecular complexity index is 393. The van der Waals surface area contributed by atoms with Crippen LogP contribution in [0.5, 0.6) is 0 Å². The summed E-state index contributed by atoms with van der Waals surface area (Å²) in [6, 6.07) is 4.60. The topological polar surface area (TPSA) is 29.3 Å². The van der Waals surface area contributed by atoms with Crippen LogP contribution >= 0.6 is 11.6 Å². The number of rotatable bonds is 5. The van der Waals surface area contributed by atoms with Gasteiger partial charge in [-0.2, -0.15) is 0 Å². The molecule has 17 heavy (non-hydrogen) atoms. The predicted octanol–water partition coefficient (Wildman–Crippen LogP) is 2.82. The largest absolute Gasteiger partial charge is 0.329 e. The second kappa shape index (κ2) is 5.34. The SMILES string of the molecule is CN(CC1CC1)C(CN)c1ccc(F)cc1Cl. The van der Waals surface area contributed by atoms with Gasteiger partial charge in [0, 0.05) is 24.2 Å². The summed E-state index contributed by atoms with van der Waals surface area (Å²) in [6.07, 6.45) is 2.61. The van der Waals surface area contributed by atoms with Crippen molar-refractivity contribution in [2.24, 2.45) is 11.7 Å². The van der Waals surface area contributed by atoms with Crippen molar-refractivity contribution >= 4 is 11.6 Å². The van der Waals surface area contributed by atoms with Crippen LogP contribution in [-0.4, -0.2) is 25.0 Å². The second-order valence-electron chi connectivity index (χ2n) is 4.80. The first-order valence-corrected chi connectivity index (χ1v) is 6.35. The third kappa shape index (κ3) is 3.18. The Balaban J connectivity index is 2.14. The molecule has 0 aliphatic heterocycles. The van der Waals surface area contributed by atoms with Crippen molar-refractivity contribution in [1.29, 1.82) is 0 Å². The molecule has 1 aliphatic rings. The molecule has 0 heterocycles. The molecule has 0 saturated heterocycles. The van der Waals surface area contributed by atoms with Crippen molar-refractivity contribution in [2.75, 3.05) is 20.1 Å². The molecule has 1 unspecified atom stereocenters. The average Bonchev–Trinajstić information content (AvgIpc) is 3.06. The van der Waals surface area contributed by atoms with Gasteiger partial charge >= 0.3 is 0 Å². The minimum Gasteiger partial charge on any atom is -0.329 e. The van der Waals surface area contributed by atoms with Crippen molar-refractivity contribution in [3.8, 4) is 0 Å². The molecule has 0 radical (unpaired) electrons. The van der Waals surface area contributed by atoms with Crippen LogP contribution in [0.25, 0.3) is 0 Å². The Hall–Kier alpha value is -0.640. The Morgan fingerprint density at radius 1 is 1.53 bits per heavy atom. The second-order valence-corrected chi connectivity index (χ2v) is 5.21. The zero-order valence-corrected chi connectivity index (χ0v) is 10.8. The zero-order chi connectivity index (χ0) is 12.4. The molecule has 1 fully saturated rings. The van der Waals surface area contributed by atoms with E-state index in [2.05, 4.69) is 11.9 Å². The van der Waals surface area contributed by atoms with Gasteiger partial charge in [0.05, 0.1) is 0 Å². The summed E-state index contributed by atoms with van der Waals surface area (Å²) in [4.78, 5) is 2.22. The molecule has 2 rings (SSSR count). The van der Waals surface area contributed by atoms with Crippen LogP contribution in [0.2, 0.25) is 5.02 Å². The van der Waals surface area contributed by atoms with E-state index in [0.29, 0.717) is 11.6 Å². The van der Waals surface area contributed by atoms with Gasteiger partial charge in [-0.1, -0.05) is 17.7 Å². The summed E-state index contributed by atoms with van der Waals surface area (Å²) >= 11 is 6.08. The molecule has 94 valence electrons. The molecule has 1 atom stereocenters. The smallest absolute Gasteiger partial charge is 0.124 e. The van der Waals surface area contributed by atoms with Gasteiger partial charge in [-0.3, -0.25) is 4.90 Å². The van der Waals surface area contributed by atoms with Gasteiger partial charge in [-0.15, -0.1) is 0 Å². The van der Waals surface area contributed by atoms with E-state index < -0.39 is 0 Å². The van der Waals surface area contributed by atoms with Crippen molar-refractivity contribution in [1.82, 2.24) is 4.90 Å². The summed E-state index contributed by atoms with van der Waals surface area (Å²) in [7, 11) is 2.05. The molecule has 1 aromatic rings. The lowest BCUT2D eigenvalue weighted by Crippen LogP contribution is -2.32. The number of benzene rings is 1. The fraction of sp³-hybridized carbons (Fsp3) is 0.538. The minimum atomic E-state index is -0.306. The maximum Gasteiger partial charge on any atom is 0.124 e. The molecule has 2 nitrogen and oxygen atoms in total. The number of likely N-dealkylation sites (N-methyl/N-ethyl adjacent to an activating group) is 1. The van der Waals surface area contributed by atoms with Gasteiger partial charge in [-0.05, 0) is 43.5 Å². The molecule has 0 spiro atoms. The van der Waals surface area contributed by atoms with Crippen LogP contribution in [0, 0.1) is 11.7 Å². The van der Waals surface area contributed by atoms with Crippen LogP contribution in [0.3, 0.4) is 0 Å². The third-order valence-electron chi connectivity index (χ3n) is 3.32. The van der Waals surface area contributed by atoms with E-state index in [4.69, 9.17) is 17.3 Å². The highest BCUT2D eigenvalue weighted by atomic mass is 35.5. The predicted molar refractivity (Wildman–Crippen MR) is 68.6 cm³/mol. The van der Waals surface area contributed by atoms with E-state index in [1.165, 1.54) is 25.0 Å². The molecule has 2 N–H and O–H groups in total. The first kappa shape index (κ1) is 12.8. The van der Waals surface area contributed by atoms with Crippen LogP contribution in [0.1, 0.15) is 24.4 Å². The maximum absolute atomic E-state index is 13.0. The van der Waals surface area contributed by atoms with Gasteiger partial charge < -0.3 is 5.73 Å². The lowest BCUT2D eigenvalue weighted by Gasteiger charge is -2.28. The highest BCUT2D eigenvalue weighted by Crippen LogP contribution is 2.33. The molecule has 1 aromatic carbocycles. The fourth-order valence-electron chi connectivity index (χ4n) is 2.15. The lowest BCUT2D eigenvalue weighted by atomic mass is 10.1. The summed E-state index contributed by atoms with van der Waals surface area (Å²) < 4.78 is 13.0.